The van der Waals surface area contributed by atoms with Gasteiger partial charge in [0, 0.05) is 33.4 Å². The third-order valence-electron chi connectivity index (χ3n) is 2.24. The number of hydrogen-bond donors (Lipinski definition) is 1. The van der Waals surface area contributed by atoms with Gasteiger partial charge in [0.15, 0.2) is 0 Å². The minimum Gasteiger partial charge on any atom is -0.292 e. The number of hydrogen-bond acceptors (Lipinski definition) is 3. The van der Waals surface area contributed by atoms with E-state index in [1.807, 2.05) is 13.8 Å². The molecule has 0 radical (unpaired) electrons. The molecule has 0 fully saturated rings. The Morgan fingerprint density at radius 3 is 2.56 bits per heavy atom. The van der Waals surface area contributed by atoms with E-state index in [1.54, 1.807) is 13.0 Å². The van der Waals surface area contributed by atoms with Crippen LogP contribution in [-0.2, 0) is 9.63 Å². The first kappa shape index (κ1) is 16.9. The van der Waals surface area contributed by atoms with Crippen LogP contribution in [0.5, 0.6) is 0 Å². The summed E-state index contributed by atoms with van der Waals surface area (Å²) in [5.41, 5.74) is 11.1. The fraction of sp³-hybridized carbons (Fsp3) is 0.600. The number of nitrogens with one attached hydrogen (secondary N) is 1. The first-order valence-electron chi connectivity index (χ1n) is 5.25. The largest absolute Gasteiger partial charge is 0.304 e. The summed E-state index contributed by atoms with van der Waals surface area (Å²) in [5.74, 6) is -1.13. The summed E-state index contributed by atoms with van der Waals surface area (Å²) in [4.78, 5) is 29.8. The summed E-state index contributed by atoms with van der Waals surface area (Å²) in [5, 5.41) is 3.11. The number of hydroxylamine groups is 1. The van der Waals surface area contributed by atoms with Crippen LogP contribution < -0.4 is 5.48 Å². The maximum Gasteiger partial charge on any atom is 0.304 e. The molecule has 0 aromatic heterocycles. The second-order valence-corrected chi connectivity index (χ2v) is 4.76. The van der Waals surface area contributed by atoms with Crippen LogP contribution in [0.2, 0.25) is 0 Å². The molecule has 0 aromatic carbocycles. The highest BCUT2D eigenvalue weighted by Gasteiger charge is 2.25. The van der Waals surface area contributed by atoms with Gasteiger partial charge < -0.3 is 0 Å². The van der Waals surface area contributed by atoms with E-state index in [0.717, 1.165) is 0 Å². The zero-order valence-corrected chi connectivity index (χ0v) is 12.5. The highest BCUT2D eigenvalue weighted by Crippen LogP contribution is 2.22. The lowest BCUT2D eigenvalue weighted by molar-refractivity contribution is -0.122. The first-order valence-corrected chi connectivity index (χ1v) is 6.33. The molecule has 0 saturated heterocycles. The Bertz CT molecular complexity index is 389. The molecule has 100 valence electrons. The van der Waals surface area contributed by atoms with Crippen molar-refractivity contribution in [2.45, 2.75) is 20.8 Å². The van der Waals surface area contributed by atoms with Gasteiger partial charge in [0.05, 0.1) is 6.61 Å². The average Bonchev–Trinajstić information content (AvgIpc) is 2.26. The molecule has 7 nitrogen and oxygen atoms in total. The van der Waals surface area contributed by atoms with E-state index in [4.69, 9.17) is 10.4 Å². The predicted octanol–water partition coefficient (Wildman–Crippen LogP) is 3.12. The molecule has 0 aromatic rings. The number of allylic oxidation sites excluding steroid dienone is 1. The van der Waals surface area contributed by atoms with E-state index < -0.39 is 11.8 Å². The van der Waals surface area contributed by atoms with Gasteiger partial charge in [0.2, 0.25) is 5.91 Å². The molecule has 0 rings (SSSR count). The van der Waals surface area contributed by atoms with Gasteiger partial charge in [-0.2, -0.15) is 0 Å². The van der Waals surface area contributed by atoms with Crippen LogP contribution in [0.1, 0.15) is 20.8 Å². The van der Waals surface area contributed by atoms with E-state index in [1.165, 1.54) is 22.6 Å². The molecule has 0 unspecified atom stereocenters. The molecule has 18 heavy (non-hydrogen) atoms. The molecule has 1 atom stereocenters. The minimum atomic E-state index is -0.551. The molecule has 8 heteroatoms. The number of nitrogens with zero attached hydrogens (tertiary/aromatic N) is 3. The Labute approximate surface area is 119 Å². The van der Waals surface area contributed by atoms with Crippen molar-refractivity contribution >= 4 is 32.4 Å². The molecule has 0 saturated carbocycles. The summed E-state index contributed by atoms with van der Waals surface area (Å²) < 4.78 is -0.356. The van der Waals surface area contributed by atoms with E-state index in [2.05, 4.69) is 15.5 Å². The zero-order chi connectivity index (χ0) is 14.1. The highest BCUT2D eigenvalue weighted by atomic mass is 127. The van der Waals surface area contributed by atoms with Crippen LogP contribution in [-0.4, -0.2) is 16.4 Å². The number of azide groups is 1. The van der Waals surface area contributed by atoms with Crippen molar-refractivity contribution in [2.24, 2.45) is 17.0 Å². The quantitative estimate of drug-likeness (QED) is 0.114. The maximum atomic E-state index is 11.7. The minimum absolute atomic E-state index is 0.0342. The Balaban J connectivity index is 4.80. The molecular formula is C10H15IN4O3. The summed E-state index contributed by atoms with van der Waals surface area (Å²) in [6.07, 6.45) is 1.72. The normalized spacial score (nSPS) is 12.8. The van der Waals surface area contributed by atoms with Crippen molar-refractivity contribution in [3.05, 3.63) is 22.1 Å². The molecule has 0 aliphatic heterocycles. The zero-order valence-electron chi connectivity index (χ0n) is 10.4. The van der Waals surface area contributed by atoms with E-state index >= 15 is 0 Å². The van der Waals surface area contributed by atoms with Gasteiger partial charge >= 0.3 is 3.91 Å². The fourth-order valence-electron chi connectivity index (χ4n) is 1.51. The van der Waals surface area contributed by atoms with Gasteiger partial charge in [0.1, 0.15) is 0 Å². The van der Waals surface area contributed by atoms with Crippen molar-refractivity contribution in [2.75, 3.05) is 6.61 Å². The number of carbonyl (C=O) groups excluding carboxylic acids is 2. The smallest absolute Gasteiger partial charge is 0.292 e. The van der Waals surface area contributed by atoms with Gasteiger partial charge in [-0.05, 0) is 29.1 Å². The number of halogens is 1. The number of carbonyl (C=O) groups is 2. The third kappa shape index (κ3) is 5.99. The van der Waals surface area contributed by atoms with Gasteiger partial charge in [-0.3, -0.25) is 14.4 Å². The average molecular weight is 366 g/mol. The fourth-order valence-corrected chi connectivity index (χ4v) is 1.66. The second kappa shape index (κ2) is 8.90. The summed E-state index contributed by atoms with van der Waals surface area (Å²) in [7, 11) is 0. The van der Waals surface area contributed by atoms with Crippen molar-refractivity contribution < 1.29 is 14.4 Å². The van der Waals surface area contributed by atoms with Crippen molar-refractivity contribution in [1.29, 1.82) is 0 Å². The Hall–Kier alpha value is -1.12. The molecule has 0 spiro atoms. The molecule has 0 aliphatic rings. The van der Waals surface area contributed by atoms with E-state index in [-0.39, 0.29) is 16.4 Å². The molecule has 1 N–H and O–H groups in total. The number of rotatable bonds is 6. The monoisotopic (exact) mass is 366 g/mol. The topological polar surface area (TPSA) is 104 Å². The van der Waals surface area contributed by atoms with Crippen molar-refractivity contribution in [3.8, 4) is 0 Å². The lowest BCUT2D eigenvalue weighted by atomic mass is 9.87. The molecule has 0 aliphatic carbocycles. The van der Waals surface area contributed by atoms with Crippen LogP contribution in [0, 0.1) is 11.8 Å². The van der Waals surface area contributed by atoms with Gasteiger partial charge in [-0.1, -0.05) is 19.9 Å². The summed E-state index contributed by atoms with van der Waals surface area (Å²) in [6, 6.07) is 0. The van der Waals surface area contributed by atoms with Crippen LogP contribution in [0.15, 0.2) is 16.8 Å². The van der Waals surface area contributed by atoms with Gasteiger partial charge in [0.25, 0.3) is 0 Å². The van der Waals surface area contributed by atoms with Crippen LogP contribution in [0.25, 0.3) is 10.4 Å². The molecular weight excluding hydrogens is 351 g/mol. The van der Waals surface area contributed by atoms with Crippen molar-refractivity contribution in [1.82, 2.24) is 5.48 Å². The standard InChI is InChI=1S/C10H15IN4O3/c1-4-7(5-18-14-10(11)17)8(6(2)3)9(16)13-15-12/h4,6,8H,5H2,1-3H3,(H,14,17)/b7-4+/t8-/m0/s1. The number of amides is 2. The molecule has 2 amide bonds. The lowest BCUT2D eigenvalue weighted by Crippen LogP contribution is -2.26. The van der Waals surface area contributed by atoms with Gasteiger partial charge in [-0.15, -0.1) is 0 Å². The Morgan fingerprint density at radius 2 is 2.17 bits per heavy atom. The third-order valence-corrected chi connectivity index (χ3v) is 2.46. The molecule has 0 bridgehead atoms. The summed E-state index contributed by atoms with van der Waals surface area (Å²) in [6.45, 7) is 5.51. The van der Waals surface area contributed by atoms with Crippen molar-refractivity contribution in [3.63, 3.8) is 0 Å². The summed E-state index contributed by atoms with van der Waals surface area (Å²) >= 11 is 1.53. The SMILES string of the molecule is C/C=C(\CONC(=O)I)[C@@H](C(=O)N=[N+]=[N-])C(C)C. The maximum absolute atomic E-state index is 11.7. The Kier molecular flexibility index (Phi) is 8.34. The Morgan fingerprint density at radius 1 is 1.56 bits per heavy atom. The second-order valence-electron chi connectivity index (χ2n) is 3.78. The van der Waals surface area contributed by atoms with E-state index in [0.29, 0.717) is 5.57 Å². The van der Waals surface area contributed by atoms with Crippen LogP contribution in [0.4, 0.5) is 4.79 Å². The first-order chi connectivity index (χ1) is 8.43. The van der Waals surface area contributed by atoms with E-state index in [9.17, 15) is 9.59 Å². The highest BCUT2D eigenvalue weighted by molar-refractivity contribution is 14.1. The molecule has 0 heterocycles. The van der Waals surface area contributed by atoms with Crippen LogP contribution in [0.3, 0.4) is 0 Å². The lowest BCUT2D eigenvalue weighted by Gasteiger charge is -2.20. The van der Waals surface area contributed by atoms with Gasteiger partial charge in [-0.25, -0.2) is 5.48 Å². The van der Waals surface area contributed by atoms with Crippen LogP contribution >= 0.6 is 22.6 Å². The predicted molar refractivity (Wildman–Crippen MR) is 74.7 cm³/mol.